The number of carbonyl (C=O) groups excluding carboxylic acids is 1. The van der Waals surface area contributed by atoms with Gasteiger partial charge in [0.05, 0.1) is 6.10 Å². The molecule has 15 heavy (non-hydrogen) atoms. The van der Waals surface area contributed by atoms with Crippen LogP contribution in [0.15, 0.2) is 24.3 Å². The Labute approximate surface area is 92.0 Å². The molecule has 0 aromatic heterocycles. The van der Waals surface area contributed by atoms with Crippen LogP contribution in [0.3, 0.4) is 0 Å². The van der Waals surface area contributed by atoms with Crippen molar-refractivity contribution in [3.05, 3.63) is 24.3 Å². The molecule has 0 aromatic rings. The molecule has 2 heteroatoms. The normalized spacial score (nSPS) is 24.6. The van der Waals surface area contributed by atoms with Crippen LogP contribution >= 0.6 is 0 Å². The van der Waals surface area contributed by atoms with E-state index in [1.165, 1.54) is 0 Å². The highest BCUT2D eigenvalue weighted by Gasteiger charge is 2.35. The van der Waals surface area contributed by atoms with Crippen LogP contribution in [0.5, 0.6) is 0 Å². The number of ether oxygens (including phenoxy) is 1. The third-order valence-corrected chi connectivity index (χ3v) is 2.76. The molecule has 0 aromatic carbocycles. The molecule has 0 saturated heterocycles. The van der Waals surface area contributed by atoms with Gasteiger partial charge in [0.1, 0.15) is 0 Å². The zero-order chi connectivity index (χ0) is 11.5. The lowest BCUT2D eigenvalue weighted by Gasteiger charge is -2.35. The minimum atomic E-state index is -0.165. The van der Waals surface area contributed by atoms with Crippen molar-refractivity contribution in [1.29, 1.82) is 0 Å². The molecule has 0 aliphatic heterocycles. The summed E-state index contributed by atoms with van der Waals surface area (Å²) in [5.74, 6) is -0.00387. The van der Waals surface area contributed by atoms with E-state index in [0.29, 0.717) is 12.2 Å². The Kier molecular flexibility index (Phi) is 3.86. The van der Waals surface area contributed by atoms with Crippen molar-refractivity contribution >= 4 is 5.78 Å². The summed E-state index contributed by atoms with van der Waals surface area (Å²) in [7, 11) is 0. The van der Waals surface area contributed by atoms with Gasteiger partial charge in [-0.2, -0.15) is 0 Å². The summed E-state index contributed by atoms with van der Waals surface area (Å²) in [5, 5.41) is 0. The van der Waals surface area contributed by atoms with E-state index in [-0.39, 0.29) is 17.3 Å². The van der Waals surface area contributed by atoms with Gasteiger partial charge >= 0.3 is 0 Å². The average Bonchev–Trinajstić information content (AvgIpc) is 2.18. The summed E-state index contributed by atoms with van der Waals surface area (Å²) in [6, 6.07) is 0. The zero-order valence-electron chi connectivity index (χ0n) is 9.88. The second kappa shape index (κ2) is 4.75. The van der Waals surface area contributed by atoms with Crippen molar-refractivity contribution < 1.29 is 9.53 Å². The maximum absolute atomic E-state index is 11.5. The summed E-state index contributed by atoms with van der Waals surface area (Å²) in [6.07, 6.45) is 5.48. The quantitative estimate of drug-likeness (QED) is 0.524. The molecule has 0 heterocycles. The number of rotatable bonds is 4. The number of unbranched alkanes of at least 4 members (excludes halogenated alkanes) is 1. The van der Waals surface area contributed by atoms with Gasteiger partial charge in [-0.3, -0.25) is 4.79 Å². The Balaban J connectivity index is 2.70. The van der Waals surface area contributed by atoms with Crippen LogP contribution in [0.2, 0.25) is 0 Å². The van der Waals surface area contributed by atoms with E-state index in [2.05, 4.69) is 27.4 Å². The largest absolute Gasteiger partial charge is 0.373 e. The van der Waals surface area contributed by atoms with Crippen molar-refractivity contribution in [1.82, 2.24) is 0 Å². The summed E-state index contributed by atoms with van der Waals surface area (Å²) in [4.78, 5) is 11.5. The summed E-state index contributed by atoms with van der Waals surface area (Å²) < 4.78 is 5.75. The fourth-order valence-electron chi connectivity index (χ4n) is 1.72. The first-order valence-corrected chi connectivity index (χ1v) is 5.53. The van der Waals surface area contributed by atoms with Crippen LogP contribution in [-0.2, 0) is 9.53 Å². The molecular weight excluding hydrogens is 188 g/mol. The van der Waals surface area contributed by atoms with Gasteiger partial charge in [0.25, 0.3) is 0 Å². The summed E-state index contributed by atoms with van der Waals surface area (Å²) >= 11 is 0. The molecule has 0 amide bonds. The third kappa shape index (κ3) is 2.78. The lowest BCUT2D eigenvalue weighted by Crippen LogP contribution is -2.37. The van der Waals surface area contributed by atoms with Crippen molar-refractivity contribution in [3.63, 3.8) is 0 Å². The average molecular weight is 208 g/mol. The standard InChI is InChI=1S/C13H20O2/c1-5-6-9-15-12-10(2)11(14)7-8-13(12,3)4/h7-8,12H,2,5-6,9H2,1,3-4H3. The Morgan fingerprint density at radius 2 is 2.20 bits per heavy atom. The highest BCUT2D eigenvalue weighted by Crippen LogP contribution is 2.33. The first-order valence-electron chi connectivity index (χ1n) is 5.53. The van der Waals surface area contributed by atoms with Gasteiger partial charge < -0.3 is 4.74 Å². The third-order valence-electron chi connectivity index (χ3n) is 2.76. The predicted octanol–water partition coefficient (Wildman–Crippen LogP) is 2.89. The fourth-order valence-corrected chi connectivity index (χ4v) is 1.72. The molecule has 1 aliphatic rings. The summed E-state index contributed by atoms with van der Waals surface area (Å²) in [5.41, 5.74) is 0.456. The van der Waals surface area contributed by atoms with Crippen LogP contribution in [0.25, 0.3) is 0 Å². The van der Waals surface area contributed by atoms with Gasteiger partial charge in [-0.1, -0.05) is 39.8 Å². The van der Waals surface area contributed by atoms with Gasteiger partial charge in [0.15, 0.2) is 5.78 Å². The molecule has 2 nitrogen and oxygen atoms in total. The molecule has 84 valence electrons. The molecule has 0 saturated carbocycles. The van der Waals surface area contributed by atoms with E-state index in [4.69, 9.17) is 4.74 Å². The first-order chi connectivity index (χ1) is 6.99. The smallest absolute Gasteiger partial charge is 0.183 e. The van der Waals surface area contributed by atoms with Gasteiger partial charge in [-0.25, -0.2) is 0 Å². The van der Waals surface area contributed by atoms with Crippen LogP contribution in [0, 0.1) is 5.41 Å². The second-order valence-electron chi connectivity index (χ2n) is 4.65. The molecule has 0 spiro atoms. The minimum absolute atomic E-state index is 0.00387. The lowest BCUT2D eigenvalue weighted by molar-refractivity contribution is -0.114. The Morgan fingerprint density at radius 1 is 1.53 bits per heavy atom. The lowest BCUT2D eigenvalue weighted by atomic mass is 9.77. The van der Waals surface area contributed by atoms with E-state index >= 15 is 0 Å². The zero-order valence-corrected chi connectivity index (χ0v) is 9.88. The number of ketones is 1. The number of carbonyl (C=O) groups is 1. The van der Waals surface area contributed by atoms with E-state index in [1.807, 2.05) is 6.08 Å². The van der Waals surface area contributed by atoms with Gasteiger partial charge in [-0.15, -0.1) is 0 Å². The molecule has 1 rings (SSSR count). The van der Waals surface area contributed by atoms with Crippen molar-refractivity contribution in [3.8, 4) is 0 Å². The highest BCUT2D eigenvalue weighted by molar-refractivity contribution is 6.05. The van der Waals surface area contributed by atoms with Crippen LogP contribution < -0.4 is 0 Å². The molecule has 1 unspecified atom stereocenters. The van der Waals surface area contributed by atoms with Gasteiger partial charge in [0.2, 0.25) is 0 Å². The number of hydrogen-bond acceptors (Lipinski definition) is 2. The molecule has 1 atom stereocenters. The monoisotopic (exact) mass is 208 g/mol. The van der Waals surface area contributed by atoms with Gasteiger partial charge in [-0.05, 0) is 12.5 Å². The van der Waals surface area contributed by atoms with E-state index < -0.39 is 0 Å². The maximum Gasteiger partial charge on any atom is 0.183 e. The minimum Gasteiger partial charge on any atom is -0.373 e. The van der Waals surface area contributed by atoms with Crippen molar-refractivity contribution in [2.24, 2.45) is 5.41 Å². The molecule has 0 bridgehead atoms. The van der Waals surface area contributed by atoms with Crippen molar-refractivity contribution in [2.45, 2.75) is 39.7 Å². The molecular formula is C13H20O2. The van der Waals surface area contributed by atoms with Crippen LogP contribution in [0.4, 0.5) is 0 Å². The van der Waals surface area contributed by atoms with Crippen LogP contribution in [-0.4, -0.2) is 18.5 Å². The molecule has 0 N–H and O–H groups in total. The highest BCUT2D eigenvalue weighted by atomic mass is 16.5. The van der Waals surface area contributed by atoms with Gasteiger partial charge in [0, 0.05) is 17.6 Å². The predicted molar refractivity (Wildman–Crippen MR) is 61.7 cm³/mol. The molecule has 0 radical (unpaired) electrons. The number of hydrogen-bond donors (Lipinski definition) is 0. The first kappa shape index (κ1) is 12.2. The van der Waals surface area contributed by atoms with E-state index in [1.54, 1.807) is 6.08 Å². The summed E-state index contributed by atoms with van der Waals surface area (Å²) in [6.45, 7) is 10.8. The fraction of sp³-hybridized carbons (Fsp3) is 0.615. The maximum atomic E-state index is 11.5. The number of allylic oxidation sites excluding steroid dienone is 1. The van der Waals surface area contributed by atoms with E-state index in [0.717, 1.165) is 12.8 Å². The topological polar surface area (TPSA) is 26.3 Å². The van der Waals surface area contributed by atoms with Crippen molar-refractivity contribution in [2.75, 3.05) is 6.61 Å². The Morgan fingerprint density at radius 3 is 2.80 bits per heavy atom. The molecule has 0 fully saturated rings. The SMILES string of the molecule is C=C1C(=O)C=CC(C)(C)C1OCCCC. The molecule has 1 aliphatic carbocycles. The Hall–Kier alpha value is -0.890. The van der Waals surface area contributed by atoms with E-state index in [9.17, 15) is 4.79 Å². The van der Waals surface area contributed by atoms with Crippen LogP contribution in [0.1, 0.15) is 33.6 Å². The Bertz CT molecular complexity index is 287. The second-order valence-corrected chi connectivity index (χ2v) is 4.65.